The molecule has 0 saturated carbocycles. The van der Waals surface area contributed by atoms with Gasteiger partial charge in [-0.3, -0.25) is 0 Å². The van der Waals surface area contributed by atoms with E-state index in [-0.39, 0.29) is 5.97 Å². The maximum Gasteiger partial charge on any atom is 0.355 e. The van der Waals surface area contributed by atoms with E-state index in [4.69, 9.17) is 27.9 Å². The summed E-state index contributed by atoms with van der Waals surface area (Å²) in [5.41, 5.74) is 1.34. The van der Waals surface area contributed by atoms with Gasteiger partial charge in [-0.1, -0.05) is 23.2 Å². The molecule has 0 aliphatic carbocycles. The molecule has 0 amide bonds. The minimum atomic E-state index is -0.378. The average Bonchev–Trinajstić information content (AvgIpc) is 2.30. The van der Waals surface area contributed by atoms with Crippen molar-refractivity contribution in [1.29, 1.82) is 0 Å². The van der Waals surface area contributed by atoms with Crippen molar-refractivity contribution in [2.75, 3.05) is 14.2 Å². The lowest BCUT2D eigenvalue weighted by molar-refractivity contribution is -0.137. The van der Waals surface area contributed by atoms with Gasteiger partial charge in [-0.05, 0) is 35.7 Å². The highest BCUT2D eigenvalue weighted by Crippen LogP contribution is 2.39. The number of rotatable bonds is 1. The first-order chi connectivity index (χ1) is 8.02. The van der Waals surface area contributed by atoms with E-state index in [1.807, 2.05) is 0 Å². The van der Waals surface area contributed by atoms with E-state index in [1.54, 1.807) is 29.6 Å². The monoisotopic (exact) mass is 289 g/mol. The third kappa shape index (κ3) is 2.39. The quantitative estimate of drug-likeness (QED) is 0.585. The van der Waals surface area contributed by atoms with Gasteiger partial charge in [0.2, 0.25) is 0 Å². The van der Waals surface area contributed by atoms with Gasteiger partial charge in [0.15, 0.2) is 0 Å². The van der Waals surface area contributed by atoms with Crippen LogP contribution in [0.3, 0.4) is 0 Å². The Hall–Kier alpha value is -0.840. The van der Waals surface area contributed by atoms with E-state index in [2.05, 4.69) is 0 Å². The molecule has 1 aromatic rings. The molecule has 1 aliphatic heterocycles. The number of carbonyl (C=O) groups excluding carboxylic acids is 1. The summed E-state index contributed by atoms with van der Waals surface area (Å²) < 4.78 is 6.44. The summed E-state index contributed by atoms with van der Waals surface area (Å²) in [4.78, 5) is 12.5. The van der Waals surface area contributed by atoms with Gasteiger partial charge in [0.05, 0.1) is 17.2 Å². The van der Waals surface area contributed by atoms with E-state index >= 15 is 0 Å². The van der Waals surface area contributed by atoms with Gasteiger partial charge in [-0.25, -0.2) is 4.79 Å². The minimum absolute atomic E-state index is 0.378. The van der Waals surface area contributed by atoms with Crippen LogP contribution >= 0.6 is 35.1 Å². The standard InChI is InChI=1S/C11H9Cl2NO2S/c1-14-9(11(15)16-2)4-6-3-7(12)8(13)5-10(6)17-14/h3-5H,1-2H3. The van der Waals surface area contributed by atoms with Crippen molar-refractivity contribution in [2.24, 2.45) is 0 Å². The van der Waals surface area contributed by atoms with Crippen molar-refractivity contribution in [3.8, 4) is 0 Å². The lowest BCUT2D eigenvalue weighted by Gasteiger charge is -2.25. The van der Waals surface area contributed by atoms with Crippen LogP contribution in [-0.2, 0) is 9.53 Å². The molecule has 17 heavy (non-hydrogen) atoms. The maximum atomic E-state index is 11.5. The molecule has 0 fully saturated rings. The highest BCUT2D eigenvalue weighted by Gasteiger charge is 2.23. The number of fused-ring (bicyclic) bond motifs is 1. The molecule has 3 nitrogen and oxygen atoms in total. The third-order valence-corrected chi connectivity index (χ3v) is 4.06. The van der Waals surface area contributed by atoms with Gasteiger partial charge in [0.1, 0.15) is 5.70 Å². The van der Waals surface area contributed by atoms with E-state index in [1.165, 1.54) is 19.1 Å². The third-order valence-electron chi connectivity index (χ3n) is 2.31. The fourth-order valence-corrected chi connectivity index (χ4v) is 2.78. The van der Waals surface area contributed by atoms with E-state index < -0.39 is 0 Å². The molecule has 0 atom stereocenters. The zero-order chi connectivity index (χ0) is 12.6. The first-order valence-corrected chi connectivity index (χ1v) is 6.26. The summed E-state index contributed by atoms with van der Waals surface area (Å²) in [5.74, 6) is -0.378. The lowest BCUT2D eigenvalue weighted by Crippen LogP contribution is -2.20. The molecule has 0 N–H and O–H groups in total. The van der Waals surface area contributed by atoms with Gasteiger partial charge < -0.3 is 9.04 Å². The van der Waals surface area contributed by atoms with Gasteiger partial charge >= 0.3 is 5.97 Å². The Balaban J connectivity index is 2.50. The first kappa shape index (κ1) is 12.6. The predicted molar refractivity (Wildman–Crippen MR) is 70.1 cm³/mol. The van der Waals surface area contributed by atoms with Crippen LogP contribution in [-0.4, -0.2) is 24.4 Å². The summed E-state index contributed by atoms with van der Waals surface area (Å²) >= 11 is 13.3. The molecular formula is C11H9Cl2NO2S. The van der Waals surface area contributed by atoms with Crippen LogP contribution in [0.5, 0.6) is 0 Å². The fraction of sp³-hybridized carbons (Fsp3) is 0.182. The Morgan fingerprint density at radius 1 is 1.35 bits per heavy atom. The summed E-state index contributed by atoms with van der Waals surface area (Å²) in [7, 11) is 3.14. The van der Waals surface area contributed by atoms with Crippen molar-refractivity contribution in [3.63, 3.8) is 0 Å². The molecule has 0 unspecified atom stereocenters. The van der Waals surface area contributed by atoms with Crippen molar-refractivity contribution in [1.82, 2.24) is 4.31 Å². The molecule has 0 saturated heterocycles. The molecule has 1 aromatic carbocycles. The molecule has 0 radical (unpaired) electrons. The topological polar surface area (TPSA) is 29.5 Å². The molecule has 2 rings (SSSR count). The number of methoxy groups -OCH3 is 1. The van der Waals surface area contributed by atoms with Crippen LogP contribution in [0.15, 0.2) is 22.7 Å². The Labute approximate surface area is 113 Å². The molecule has 1 aliphatic rings. The van der Waals surface area contributed by atoms with Crippen molar-refractivity contribution in [2.45, 2.75) is 4.90 Å². The molecule has 90 valence electrons. The second-order valence-corrected chi connectivity index (χ2v) is 5.40. The summed E-state index contributed by atoms with van der Waals surface area (Å²) in [6, 6.07) is 3.52. The number of nitrogens with zero attached hydrogens (tertiary/aromatic N) is 1. The van der Waals surface area contributed by atoms with Gasteiger partial charge in [0, 0.05) is 11.9 Å². The highest BCUT2D eigenvalue weighted by molar-refractivity contribution is 7.97. The minimum Gasteiger partial charge on any atom is -0.464 e. The largest absolute Gasteiger partial charge is 0.464 e. The fourth-order valence-electron chi connectivity index (χ4n) is 1.46. The van der Waals surface area contributed by atoms with Gasteiger partial charge in [-0.2, -0.15) is 0 Å². The Morgan fingerprint density at radius 3 is 2.65 bits per heavy atom. The van der Waals surface area contributed by atoms with Crippen LogP contribution in [0.4, 0.5) is 0 Å². The van der Waals surface area contributed by atoms with E-state index in [0.29, 0.717) is 15.7 Å². The molecule has 0 aromatic heterocycles. The molecule has 0 spiro atoms. The summed E-state index contributed by atoms with van der Waals surface area (Å²) in [6.45, 7) is 0. The van der Waals surface area contributed by atoms with E-state index in [0.717, 1.165) is 10.5 Å². The Morgan fingerprint density at radius 2 is 2.00 bits per heavy atom. The number of ether oxygens (including phenoxy) is 1. The SMILES string of the molecule is COC(=O)C1=Cc2cc(Cl)c(Cl)cc2SN1C. The first-order valence-electron chi connectivity index (χ1n) is 4.73. The Kier molecular flexibility index (Phi) is 3.56. The zero-order valence-corrected chi connectivity index (χ0v) is 11.5. The Bertz CT molecular complexity index is 516. The molecular weight excluding hydrogens is 281 g/mol. The predicted octanol–water partition coefficient (Wildman–Crippen LogP) is 3.46. The number of halogens is 2. The summed E-state index contributed by atoms with van der Waals surface area (Å²) in [6.07, 6.45) is 1.74. The van der Waals surface area contributed by atoms with Crippen LogP contribution in [0.2, 0.25) is 10.0 Å². The average molecular weight is 290 g/mol. The lowest BCUT2D eigenvalue weighted by atomic mass is 10.2. The molecule has 1 heterocycles. The maximum absolute atomic E-state index is 11.5. The smallest absolute Gasteiger partial charge is 0.355 e. The number of benzene rings is 1. The number of carbonyl (C=O) groups is 1. The van der Waals surface area contributed by atoms with E-state index in [9.17, 15) is 4.79 Å². The van der Waals surface area contributed by atoms with Crippen LogP contribution in [0.25, 0.3) is 6.08 Å². The zero-order valence-electron chi connectivity index (χ0n) is 9.16. The number of likely N-dealkylation sites (N-methyl/N-ethyl adjacent to an activating group) is 1. The normalized spacial score (nSPS) is 14.1. The highest BCUT2D eigenvalue weighted by atomic mass is 35.5. The second-order valence-electron chi connectivity index (χ2n) is 3.41. The van der Waals surface area contributed by atoms with Crippen molar-refractivity contribution < 1.29 is 9.53 Å². The van der Waals surface area contributed by atoms with Crippen LogP contribution < -0.4 is 0 Å². The van der Waals surface area contributed by atoms with Crippen LogP contribution in [0, 0.1) is 0 Å². The van der Waals surface area contributed by atoms with Crippen molar-refractivity contribution in [3.05, 3.63) is 33.4 Å². The number of hydrogen-bond donors (Lipinski definition) is 0. The van der Waals surface area contributed by atoms with Crippen LogP contribution in [0.1, 0.15) is 5.56 Å². The van der Waals surface area contributed by atoms with Gasteiger partial charge in [0.25, 0.3) is 0 Å². The number of esters is 1. The second kappa shape index (κ2) is 4.80. The molecule has 6 heteroatoms. The van der Waals surface area contributed by atoms with Gasteiger partial charge in [-0.15, -0.1) is 0 Å². The summed E-state index contributed by atoms with van der Waals surface area (Å²) in [5, 5.41) is 0.970. The molecule has 0 bridgehead atoms. The number of hydrogen-bond acceptors (Lipinski definition) is 4. The van der Waals surface area contributed by atoms with Crippen molar-refractivity contribution >= 4 is 47.2 Å².